The van der Waals surface area contributed by atoms with Crippen molar-refractivity contribution >= 4 is 5.91 Å². The van der Waals surface area contributed by atoms with Gasteiger partial charge in [0.05, 0.1) is 17.0 Å². The summed E-state index contributed by atoms with van der Waals surface area (Å²) in [5, 5.41) is 7.23. The maximum absolute atomic E-state index is 12.3. The minimum atomic E-state index is 0.194. The summed E-state index contributed by atoms with van der Waals surface area (Å²) in [7, 11) is 0. The minimum Gasteiger partial charge on any atom is -0.356 e. The predicted octanol–water partition coefficient (Wildman–Crippen LogP) is 5.31. The lowest BCUT2D eigenvalue weighted by molar-refractivity contribution is -0.121. The molecule has 2 aromatic heterocycles. The molecule has 1 N–H and O–H groups in total. The van der Waals surface area contributed by atoms with Gasteiger partial charge < -0.3 is 9.84 Å². The van der Waals surface area contributed by atoms with E-state index in [-0.39, 0.29) is 11.8 Å². The van der Waals surface area contributed by atoms with E-state index in [4.69, 9.17) is 9.51 Å². The molecule has 2 aliphatic rings. The Bertz CT molecular complexity index is 925. The van der Waals surface area contributed by atoms with E-state index in [0.717, 1.165) is 73.6 Å². The number of allylic oxidation sites excluding steroid dienone is 2. The standard InChI is InChI=1S/C25H34N4O2/c1-16(2)25-27-15-21(22-12-17(3)29-31-22)24(28-25)20-10-8-19(9-11-20)14-26-23(30)13-18-6-4-5-7-18/h4,6,12,15-16,18-20H,5,7-11,13-14H2,1-3H3,(H,26,30)/t18-,19?,20?/m0/s1. The summed E-state index contributed by atoms with van der Waals surface area (Å²) in [6.07, 6.45) is 13.5. The first-order valence-corrected chi connectivity index (χ1v) is 11.7. The van der Waals surface area contributed by atoms with Gasteiger partial charge in [-0.15, -0.1) is 0 Å². The molecule has 4 rings (SSSR count). The van der Waals surface area contributed by atoms with E-state index in [1.165, 1.54) is 0 Å². The second-order valence-electron chi connectivity index (χ2n) is 9.51. The van der Waals surface area contributed by atoms with Gasteiger partial charge in [0.15, 0.2) is 5.76 Å². The number of aromatic nitrogens is 3. The molecule has 166 valence electrons. The Morgan fingerprint density at radius 1 is 1.23 bits per heavy atom. The SMILES string of the molecule is Cc1cc(-c2cnc(C(C)C)nc2C2CCC(CNC(=O)C[C@H]3C=CCC3)CC2)on1. The Morgan fingerprint density at radius 3 is 2.68 bits per heavy atom. The van der Waals surface area contributed by atoms with Gasteiger partial charge in [-0.1, -0.05) is 31.2 Å². The van der Waals surface area contributed by atoms with Crippen molar-refractivity contribution in [3.63, 3.8) is 0 Å². The van der Waals surface area contributed by atoms with Crippen LogP contribution in [0.5, 0.6) is 0 Å². The molecule has 0 unspecified atom stereocenters. The topological polar surface area (TPSA) is 80.9 Å². The summed E-state index contributed by atoms with van der Waals surface area (Å²) in [6, 6.07) is 1.96. The highest BCUT2D eigenvalue weighted by atomic mass is 16.5. The van der Waals surface area contributed by atoms with E-state index in [0.29, 0.717) is 24.2 Å². The lowest BCUT2D eigenvalue weighted by atomic mass is 9.79. The molecule has 6 heteroatoms. The zero-order chi connectivity index (χ0) is 21.8. The van der Waals surface area contributed by atoms with Crippen LogP contribution in [0.15, 0.2) is 28.9 Å². The molecule has 31 heavy (non-hydrogen) atoms. The van der Waals surface area contributed by atoms with Gasteiger partial charge >= 0.3 is 0 Å². The molecular weight excluding hydrogens is 388 g/mol. The molecule has 6 nitrogen and oxygen atoms in total. The average molecular weight is 423 g/mol. The highest BCUT2D eigenvalue weighted by Gasteiger charge is 2.28. The van der Waals surface area contributed by atoms with Crippen LogP contribution < -0.4 is 5.32 Å². The van der Waals surface area contributed by atoms with Crippen molar-refractivity contribution in [2.45, 2.75) is 77.6 Å². The van der Waals surface area contributed by atoms with Crippen LogP contribution in [-0.2, 0) is 4.79 Å². The van der Waals surface area contributed by atoms with Gasteiger partial charge in [0.1, 0.15) is 5.82 Å². The number of rotatable bonds is 7. The summed E-state index contributed by atoms with van der Waals surface area (Å²) < 4.78 is 5.54. The Hall–Kier alpha value is -2.50. The number of hydrogen-bond donors (Lipinski definition) is 1. The van der Waals surface area contributed by atoms with Crippen LogP contribution in [0.3, 0.4) is 0 Å². The largest absolute Gasteiger partial charge is 0.356 e. The van der Waals surface area contributed by atoms with Crippen LogP contribution in [0.1, 0.15) is 87.8 Å². The number of nitrogens with zero attached hydrogens (tertiary/aromatic N) is 3. The Labute approximate surface area is 184 Å². The van der Waals surface area contributed by atoms with Crippen LogP contribution in [-0.4, -0.2) is 27.6 Å². The number of amides is 1. The van der Waals surface area contributed by atoms with Crippen LogP contribution in [0.4, 0.5) is 0 Å². The quantitative estimate of drug-likeness (QED) is 0.612. The molecule has 1 amide bonds. The molecule has 0 aromatic carbocycles. The van der Waals surface area contributed by atoms with Crippen molar-refractivity contribution in [1.82, 2.24) is 20.4 Å². The molecule has 1 atom stereocenters. The van der Waals surface area contributed by atoms with Crippen molar-refractivity contribution in [3.05, 3.63) is 41.6 Å². The first-order chi connectivity index (χ1) is 15.0. The molecule has 1 fully saturated rings. The second-order valence-corrected chi connectivity index (χ2v) is 9.51. The Balaban J connectivity index is 1.38. The number of hydrogen-bond acceptors (Lipinski definition) is 5. The Kier molecular flexibility index (Phi) is 6.83. The van der Waals surface area contributed by atoms with Crippen LogP contribution in [0.25, 0.3) is 11.3 Å². The highest BCUT2D eigenvalue weighted by Crippen LogP contribution is 2.39. The lowest BCUT2D eigenvalue weighted by Crippen LogP contribution is -2.32. The van der Waals surface area contributed by atoms with Gasteiger partial charge in [-0.05, 0) is 57.3 Å². The predicted molar refractivity (Wildman–Crippen MR) is 121 cm³/mol. The van der Waals surface area contributed by atoms with E-state index >= 15 is 0 Å². The molecule has 2 aliphatic carbocycles. The molecule has 2 heterocycles. The molecule has 0 saturated heterocycles. The fourth-order valence-corrected chi connectivity index (χ4v) is 4.75. The first kappa shape index (κ1) is 21.7. The van der Waals surface area contributed by atoms with Crippen molar-refractivity contribution < 1.29 is 9.32 Å². The summed E-state index contributed by atoms with van der Waals surface area (Å²) in [5.74, 6) is 3.47. The van der Waals surface area contributed by atoms with Crippen molar-refractivity contribution in [1.29, 1.82) is 0 Å². The normalized spacial score (nSPS) is 23.4. The number of nitrogens with one attached hydrogen (secondary N) is 1. The fraction of sp³-hybridized carbons (Fsp3) is 0.600. The van der Waals surface area contributed by atoms with E-state index in [1.807, 2.05) is 19.2 Å². The van der Waals surface area contributed by atoms with E-state index in [2.05, 4.69) is 41.5 Å². The number of carbonyl (C=O) groups excluding carboxylic acids is 1. The van der Waals surface area contributed by atoms with Crippen LogP contribution in [0, 0.1) is 18.8 Å². The summed E-state index contributed by atoms with van der Waals surface area (Å²) >= 11 is 0. The second kappa shape index (κ2) is 9.75. The molecule has 0 spiro atoms. The number of carbonyl (C=O) groups is 1. The molecule has 1 saturated carbocycles. The van der Waals surface area contributed by atoms with Crippen LogP contribution in [0.2, 0.25) is 0 Å². The third kappa shape index (κ3) is 5.41. The third-order valence-electron chi connectivity index (χ3n) is 6.63. The van der Waals surface area contributed by atoms with Crippen molar-refractivity contribution in [3.8, 4) is 11.3 Å². The maximum Gasteiger partial charge on any atom is 0.220 e. The van der Waals surface area contributed by atoms with Gasteiger partial charge in [0.2, 0.25) is 5.91 Å². The first-order valence-electron chi connectivity index (χ1n) is 11.7. The smallest absolute Gasteiger partial charge is 0.220 e. The molecule has 0 aliphatic heterocycles. The molecular formula is C25H34N4O2. The monoisotopic (exact) mass is 422 g/mol. The minimum absolute atomic E-state index is 0.194. The van der Waals surface area contributed by atoms with Crippen molar-refractivity contribution in [2.24, 2.45) is 11.8 Å². The van der Waals surface area contributed by atoms with Crippen molar-refractivity contribution in [2.75, 3.05) is 6.54 Å². The molecule has 0 radical (unpaired) electrons. The highest BCUT2D eigenvalue weighted by molar-refractivity contribution is 5.76. The number of aryl methyl sites for hydroxylation is 1. The molecule has 0 bridgehead atoms. The van der Waals surface area contributed by atoms with Gasteiger partial charge in [-0.25, -0.2) is 9.97 Å². The van der Waals surface area contributed by atoms with Crippen LogP contribution >= 0.6 is 0 Å². The van der Waals surface area contributed by atoms with Gasteiger partial charge in [-0.2, -0.15) is 0 Å². The van der Waals surface area contributed by atoms with E-state index < -0.39 is 0 Å². The van der Waals surface area contributed by atoms with E-state index in [9.17, 15) is 4.79 Å². The Morgan fingerprint density at radius 2 is 2.03 bits per heavy atom. The molecule has 2 aromatic rings. The maximum atomic E-state index is 12.3. The van der Waals surface area contributed by atoms with Gasteiger partial charge in [-0.3, -0.25) is 4.79 Å². The van der Waals surface area contributed by atoms with Gasteiger partial charge in [0, 0.05) is 37.1 Å². The third-order valence-corrected chi connectivity index (χ3v) is 6.63. The summed E-state index contributed by atoms with van der Waals surface area (Å²) in [5.41, 5.74) is 2.91. The zero-order valence-electron chi connectivity index (χ0n) is 18.9. The van der Waals surface area contributed by atoms with E-state index in [1.54, 1.807) is 0 Å². The summed E-state index contributed by atoms with van der Waals surface area (Å²) in [4.78, 5) is 21.8. The average Bonchev–Trinajstić information content (AvgIpc) is 3.44. The lowest BCUT2D eigenvalue weighted by Gasteiger charge is -2.29. The summed E-state index contributed by atoms with van der Waals surface area (Å²) in [6.45, 7) is 6.96. The van der Waals surface area contributed by atoms with Gasteiger partial charge in [0.25, 0.3) is 0 Å². The fourth-order valence-electron chi connectivity index (χ4n) is 4.75. The zero-order valence-corrected chi connectivity index (χ0v) is 18.9.